The molecule has 1 aromatic carbocycles. The SMILES string of the molecule is CS(=O)(=O)c1ccc2c(c1)NC1CCCCCC1O2. The summed E-state index contributed by atoms with van der Waals surface area (Å²) in [7, 11) is -3.17. The molecule has 1 heterocycles. The third kappa shape index (κ3) is 2.56. The van der Waals surface area contributed by atoms with E-state index in [1.54, 1.807) is 18.2 Å². The Labute approximate surface area is 114 Å². The van der Waals surface area contributed by atoms with Gasteiger partial charge in [-0.25, -0.2) is 8.42 Å². The van der Waals surface area contributed by atoms with Gasteiger partial charge < -0.3 is 10.1 Å². The van der Waals surface area contributed by atoms with Gasteiger partial charge in [0.2, 0.25) is 0 Å². The minimum atomic E-state index is -3.17. The lowest BCUT2D eigenvalue weighted by molar-refractivity contribution is 0.160. The Bertz CT molecular complexity index is 582. The molecule has 1 saturated carbocycles. The third-order valence-electron chi connectivity index (χ3n) is 3.95. The van der Waals surface area contributed by atoms with E-state index in [0.717, 1.165) is 24.3 Å². The Hall–Kier alpha value is -1.23. The van der Waals surface area contributed by atoms with E-state index < -0.39 is 9.84 Å². The Kier molecular flexibility index (Phi) is 3.17. The Morgan fingerprint density at radius 3 is 2.79 bits per heavy atom. The topological polar surface area (TPSA) is 55.4 Å². The molecule has 1 aliphatic heterocycles. The minimum Gasteiger partial charge on any atom is -0.486 e. The maximum absolute atomic E-state index is 11.6. The van der Waals surface area contributed by atoms with Gasteiger partial charge in [-0.3, -0.25) is 0 Å². The van der Waals surface area contributed by atoms with Gasteiger partial charge >= 0.3 is 0 Å². The molecule has 0 amide bonds. The number of ether oxygens (including phenoxy) is 1. The van der Waals surface area contributed by atoms with Crippen LogP contribution in [0, 0.1) is 0 Å². The van der Waals surface area contributed by atoms with Gasteiger partial charge in [0, 0.05) is 6.26 Å². The second-order valence-electron chi connectivity index (χ2n) is 5.48. The van der Waals surface area contributed by atoms with Crippen molar-refractivity contribution in [3.8, 4) is 5.75 Å². The number of hydrogen-bond acceptors (Lipinski definition) is 4. The summed E-state index contributed by atoms with van der Waals surface area (Å²) in [6.07, 6.45) is 7.28. The Morgan fingerprint density at radius 1 is 1.21 bits per heavy atom. The van der Waals surface area contributed by atoms with Gasteiger partial charge in [0.1, 0.15) is 11.9 Å². The van der Waals surface area contributed by atoms with E-state index in [4.69, 9.17) is 4.74 Å². The second-order valence-corrected chi connectivity index (χ2v) is 7.49. The molecule has 0 radical (unpaired) electrons. The van der Waals surface area contributed by atoms with Gasteiger partial charge in [0.25, 0.3) is 0 Å². The summed E-state index contributed by atoms with van der Waals surface area (Å²) < 4.78 is 29.2. The lowest BCUT2D eigenvalue weighted by atomic mass is 10.0. The van der Waals surface area contributed by atoms with Crippen LogP contribution >= 0.6 is 0 Å². The molecule has 5 heteroatoms. The molecular formula is C14H19NO3S. The average Bonchev–Trinajstić information content (AvgIpc) is 2.58. The molecule has 1 aromatic rings. The molecule has 2 unspecified atom stereocenters. The maximum atomic E-state index is 11.6. The summed E-state index contributed by atoms with van der Waals surface area (Å²) in [5, 5.41) is 3.46. The molecule has 0 bridgehead atoms. The molecule has 19 heavy (non-hydrogen) atoms. The zero-order chi connectivity index (χ0) is 13.5. The smallest absolute Gasteiger partial charge is 0.175 e. The summed E-state index contributed by atoms with van der Waals surface area (Å²) in [6, 6.07) is 5.38. The molecule has 1 fully saturated rings. The molecule has 3 rings (SSSR count). The molecule has 1 aliphatic carbocycles. The predicted molar refractivity (Wildman–Crippen MR) is 74.5 cm³/mol. The van der Waals surface area contributed by atoms with Crippen molar-refractivity contribution in [2.75, 3.05) is 11.6 Å². The van der Waals surface area contributed by atoms with Crippen LogP contribution in [0.25, 0.3) is 0 Å². The Balaban J connectivity index is 1.93. The van der Waals surface area contributed by atoms with Crippen LogP contribution in [0.5, 0.6) is 5.75 Å². The quantitative estimate of drug-likeness (QED) is 0.859. The van der Waals surface area contributed by atoms with E-state index in [1.807, 2.05) is 0 Å². The first kappa shape index (κ1) is 12.8. The first-order valence-corrected chi connectivity index (χ1v) is 8.70. The summed E-state index contributed by atoms with van der Waals surface area (Å²) in [4.78, 5) is 0.342. The zero-order valence-electron chi connectivity index (χ0n) is 11.1. The molecule has 0 aromatic heterocycles. The fraction of sp³-hybridized carbons (Fsp3) is 0.571. The van der Waals surface area contributed by atoms with Gasteiger partial charge in [-0.05, 0) is 37.5 Å². The van der Waals surface area contributed by atoms with E-state index in [9.17, 15) is 8.42 Å². The molecule has 0 saturated heterocycles. The largest absolute Gasteiger partial charge is 0.486 e. The summed E-state index contributed by atoms with van der Waals surface area (Å²) in [6.45, 7) is 0. The molecule has 1 N–H and O–H groups in total. The highest BCUT2D eigenvalue weighted by Gasteiger charge is 2.30. The van der Waals surface area contributed by atoms with Crippen molar-refractivity contribution in [2.24, 2.45) is 0 Å². The van der Waals surface area contributed by atoms with Crippen molar-refractivity contribution in [1.29, 1.82) is 0 Å². The monoisotopic (exact) mass is 281 g/mol. The second kappa shape index (κ2) is 4.71. The molecular weight excluding hydrogens is 262 g/mol. The van der Waals surface area contributed by atoms with Crippen molar-refractivity contribution >= 4 is 15.5 Å². The van der Waals surface area contributed by atoms with Crippen LogP contribution in [-0.4, -0.2) is 26.8 Å². The first-order chi connectivity index (χ1) is 9.04. The molecule has 2 atom stereocenters. The first-order valence-electron chi connectivity index (χ1n) is 6.81. The number of sulfone groups is 1. The van der Waals surface area contributed by atoms with Crippen LogP contribution in [0.3, 0.4) is 0 Å². The van der Waals surface area contributed by atoms with Crippen LogP contribution < -0.4 is 10.1 Å². The maximum Gasteiger partial charge on any atom is 0.175 e. The molecule has 4 nitrogen and oxygen atoms in total. The van der Waals surface area contributed by atoms with Crippen molar-refractivity contribution in [3.63, 3.8) is 0 Å². The zero-order valence-corrected chi connectivity index (χ0v) is 11.9. The van der Waals surface area contributed by atoms with Gasteiger partial charge in [0.05, 0.1) is 16.6 Å². The normalized spacial score (nSPS) is 26.4. The standard InChI is InChI=1S/C14H19NO3S/c1-19(16,17)10-7-8-14-12(9-10)15-11-5-3-2-4-6-13(11)18-14/h7-9,11,13,15H,2-6H2,1H3. The molecule has 2 aliphatic rings. The van der Waals surface area contributed by atoms with Crippen LogP contribution in [0.2, 0.25) is 0 Å². The van der Waals surface area contributed by atoms with E-state index in [0.29, 0.717) is 10.9 Å². The lowest BCUT2D eigenvalue weighted by Gasteiger charge is -2.34. The minimum absolute atomic E-state index is 0.221. The summed E-state index contributed by atoms with van der Waals surface area (Å²) in [5.74, 6) is 0.774. The number of nitrogens with one attached hydrogen (secondary N) is 1. The van der Waals surface area contributed by atoms with Gasteiger partial charge in [-0.1, -0.05) is 12.8 Å². The van der Waals surface area contributed by atoms with Crippen LogP contribution in [0.15, 0.2) is 23.1 Å². The van der Waals surface area contributed by atoms with E-state index in [2.05, 4.69) is 5.32 Å². The fourth-order valence-electron chi connectivity index (χ4n) is 2.90. The van der Waals surface area contributed by atoms with E-state index >= 15 is 0 Å². The summed E-state index contributed by atoms with van der Waals surface area (Å²) >= 11 is 0. The van der Waals surface area contributed by atoms with Crippen LogP contribution in [0.1, 0.15) is 32.1 Å². The summed E-state index contributed by atoms with van der Waals surface area (Å²) in [5.41, 5.74) is 0.811. The van der Waals surface area contributed by atoms with Crippen molar-refractivity contribution < 1.29 is 13.2 Å². The van der Waals surface area contributed by atoms with E-state index in [-0.39, 0.29) is 6.10 Å². The van der Waals surface area contributed by atoms with Gasteiger partial charge in [0.15, 0.2) is 9.84 Å². The highest BCUT2D eigenvalue weighted by Crippen LogP contribution is 2.37. The van der Waals surface area contributed by atoms with Gasteiger partial charge in [-0.2, -0.15) is 0 Å². The Morgan fingerprint density at radius 2 is 2.00 bits per heavy atom. The number of fused-ring (bicyclic) bond motifs is 2. The highest BCUT2D eigenvalue weighted by molar-refractivity contribution is 7.90. The lowest BCUT2D eigenvalue weighted by Crippen LogP contribution is -2.40. The number of benzene rings is 1. The van der Waals surface area contributed by atoms with E-state index in [1.165, 1.54) is 25.5 Å². The van der Waals surface area contributed by atoms with Crippen LogP contribution in [0.4, 0.5) is 5.69 Å². The third-order valence-corrected chi connectivity index (χ3v) is 5.06. The van der Waals surface area contributed by atoms with Crippen molar-refractivity contribution in [3.05, 3.63) is 18.2 Å². The highest BCUT2D eigenvalue weighted by atomic mass is 32.2. The number of rotatable bonds is 1. The van der Waals surface area contributed by atoms with Crippen molar-refractivity contribution in [1.82, 2.24) is 0 Å². The molecule has 104 valence electrons. The van der Waals surface area contributed by atoms with Gasteiger partial charge in [-0.15, -0.1) is 0 Å². The predicted octanol–water partition coefficient (Wildman–Crippen LogP) is 2.60. The average molecular weight is 281 g/mol. The molecule has 0 spiro atoms. The fourth-order valence-corrected chi connectivity index (χ4v) is 3.55. The van der Waals surface area contributed by atoms with Crippen LogP contribution in [-0.2, 0) is 9.84 Å². The van der Waals surface area contributed by atoms with Crippen molar-refractivity contribution in [2.45, 2.75) is 49.1 Å². The number of anilines is 1. The number of hydrogen-bond donors (Lipinski definition) is 1.